The maximum atomic E-state index is 9.32. The van der Waals surface area contributed by atoms with E-state index in [2.05, 4.69) is 16.0 Å². The average Bonchev–Trinajstić information content (AvgIpc) is 3.14. The number of hydrogen-bond donors (Lipinski definition) is 1. The molecule has 0 spiro atoms. The summed E-state index contributed by atoms with van der Waals surface area (Å²) in [7, 11) is 0. The number of hydrogen-bond acceptors (Lipinski definition) is 5. The molecule has 1 aliphatic carbocycles. The zero-order chi connectivity index (χ0) is 12.3. The van der Waals surface area contributed by atoms with Crippen LogP contribution in [0.2, 0.25) is 5.15 Å². The summed E-state index contributed by atoms with van der Waals surface area (Å²) in [5.74, 6) is 0.658. The van der Waals surface area contributed by atoms with E-state index < -0.39 is 0 Å². The first kappa shape index (κ1) is 12.1. The standard InChI is InChI=1S/C11H13ClN4O/c12-10-9(6-17)11(15-7-14-10)16(5-1-4-13)8-2-3-8/h7-8,17H,1-3,5-6H2. The topological polar surface area (TPSA) is 73.0 Å². The van der Waals surface area contributed by atoms with Gasteiger partial charge in [0.05, 0.1) is 24.7 Å². The molecule has 90 valence electrons. The molecular formula is C11H13ClN4O. The van der Waals surface area contributed by atoms with Crippen LogP contribution in [0.3, 0.4) is 0 Å². The fourth-order valence-corrected chi connectivity index (χ4v) is 1.97. The zero-order valence-electron chi connectivity index (χ0n) is 9.30. The van der Waals surface area contributed by atoms with Gasteiger partial charge in [-0.05, 0) is 12.8 Å². The van der Waals surface area contributed by atoms with Crippen molar-refractivity contribution in [1.82, 2.24) is 9.97 Å². The molecule has 1 aromatic heterocycles. The number of halogens is 1. The molecule has 0 amide bonds. The summed E-state index contributed by atoms with van der Waals surface area (Å²) in [6.07, 6.45) is 4.01. The van der Waals surface area contributed by atoms with Crippen LogP contribution in [-0.2, 0) is 6.61 Å². The Balaban J connectivity index is 2.28. The molecule has 1 fully saturated rings. The van der Waals surface area contributed by atoms with Crippen molar-refractivity contribution in [2.24, 2.45) is 0 Å². The molecule has 1 saturated carbocycles. The molecule has 0 radical (unpaired) electrons. The van der Waals surface area contributed by atoms with Crippen molar-refractivity contribution in [3.63, 3.8) is 0 Å². The highest BCUT2D eigenvalue weighted by Crippen LogP contribution is 2.33. The predicted molar refractivity (Wildman–Crippen MR) is 63.6 cm³/mol. The molecule has 1 N–H and O–H groups in total. The lowest BCUT2D eigenvalue weighted by Crippen LogP contribution is -2.29. The molecule has 6 heteroatoms. The van der Waals surface area contributed by atoms with Gasteiger partial charge in [-0.25, -0.2) is 9.97 Å². The molecule has 0 aliphatic heterocycles. The van der Waals surface area contributed by atoms with E-state index in [4.69, 9.17) is 16.9 Å². The van der Waals surface area contributed by atoms with Gasteiger partial charge in [0.2, 0.25) is 0 Å². The van der Waals surface area contributed by atoms with E-state index in [-0.39, 0.29) is 11.8 Å². The Hall–Kier alpha value is -1.38. The second-order valence-corrected chi connectivity index (χ2v) is 4.32. The SMILES string of the molecule is N#CCCN(c1ncnc(Cl)c1CO)C1CC1. The van der Waals surface area contributed by atoms with Crippen LogP contribution in [0.15, 0.2) is 6.33 Å². The van der Waals surface area contributed by atoms with Crippen LogP contribution in [0.4, 0.5) is 5.82 Å². The third kappa shape index (κ3) is 2.65. The second kappa shape index (κ2) is 5.30. The minimum Gasteiger partial charge on any atom is -0.391 e. The van der Waals surface area contributed by atoms with Crippen LogP contribution in [0.25, 0.3) is 0 Å². The summed E-state index contributed by atoms with van der Waals surface area (Å²) in [6, 6.07) is 2.54. The summed E-state index contributed by atoms with van der Waals surface area (Å²) >= 11 is 5.93. The molecule has 17 heavy (non-hydrogen) atoms. The van der Waals surface area contributed by atoms with Crippen LogP contribution < -0.4 is 4.90 Å². The Morgan fingerprint density at radius 2 is 2.29 bits per heavy atom. The van der Waals surface area contributed by atoms with E-state index >= 15 is 0 Å². The quantitative estimate of drug-likeness (QED) is 0.804. The maximum absolute atomic E-state index is 9.32. The zero-order valence-corrected chi connectivity index (χ0v) is 10.1. The maximum Gasteiger partial charge on any atom is 0.140 e. The Bertz CT molecular complexity index is 442. The molecule has 0 atom stereocenters. The number of anilines is 1. The highest BCUT2D eigenvalue weighted by Gasteiger charge is 2.31. The number of aromatic nitrogens is 2. The van der Waals surface area contributed by atoms with Gasteiger partial charge >= 0.3 is 0 Å². The summed E-state index contributed by atoms with van der Waals surface area (Å²) in [5, 5.41) is 18.3. The van der Waals surface area contributed by atoms with Gasteiger partial charge in [-0.3, -0.25) is 0 Å². The molecule has 1 heterocycles. The normalized spacial score (nSPS) is 14.4. The van der Waals surface area contributed by atoms with E-state index in [9.17, 15) is 5.11 Å². The van der Waals surface area contributed by atoms with Crippen LogP contribution >= 0.6 is 11.6 Å². The van der Waals surface area contributed by atoms with E-state index in [1.54, 1.807) is 0 Å². The van der Waals surface area contributed by atoms with Crippen molar-refractivity contribution in [2.75, 3.05) is 11.4 Å². The molecule has 2 rings (SSSR count). The first-order valence-corrected chi connectivity index (χ1v) is 5.89. The highest BCUT2D eigenvalue weighted by atomic mass is 35.5. The fraction of sp³-hybridized carbons (Fsp3) is 0.545. The van der Waals surface area contributed by atoms with Crippen molar-refractivity contribution in [1.29, 1.82) is 5.26 Å². The molecule has 0 saturated heterocycles. The lowest BCUT2D eigenvalue weighted by Gasteiger charge is -2.24. The first-order chi connectivity index (χ1) is 8.27. The molecule has 5 nitrogen and oxygen atoms in total. The Labute approximate surface area is 105 Å². The summed E-state index contributed by atoms with van der Waals surface area (Å²) in [5.41, 5.74) is 0.541. The predicted octanol–water partition coefficient (Wildman–Crippen LogP) is 1.50. The number of nitriles is 1. The van der Waals surface area contributed by atoms with E-state index in [1.165, 1.54) is 6.33 Å². The lowest BCUT2D eigenvalue weighted by atomic mass is 10.2. The van der Waals surface area contributed by atoms with Crippen molar-refractivity contribution < 1.29 is 5.11 Å². The van der Waals surface area contributed by atoms with E-state index in [0.29, 0.717) is 30.4 Å². The van der Waals surface area contributed by atoms with Gasteiger partial charge < -0.3 is 10.0 Å². The molecule has 1 aliphatic rings. The molecule has 0 aromatic carbocycles. The minimum atomic E-state index is -0.190. The van der Waals surface area contributed by atoms with Crippen molar-refractivity contribution in [3.05, 3.63) is 17.0 Å². The van der Waals surface area contributed by atoms with Gasteiger partial charge in [-0.2, -0.15) is 5.26 Å². The van der Waals surface area contributed by atoms with Crippen LogP contribution in [0.1, 0.15) is 24.8 Å². The minimum absolute atomic E-state index is 0.190. The van der Waals surface area contributed by atoms with Gasteiger partial charge in [0.15, 0.2) is 0 Å². The summed E-state index contributed by atoms with van der Waals surface area (Å²) < 4.78 is 0. The van der Waals surface area contributed by atoms with E-state index in [1.807, 2.05) is 4.90 Å². The molecule has 0 bridgehead atoms. The number of aliphatic hydroxyl groups is 1. The smallest absolute Gasteiger partial charge is 0.140 e. The van der Waals surface area contributed by atoms with Crippen LogP contribution in [0, 0.1) is 11.3 Å². The summed E-state index contributed by atoms with van der Waals surface area (Å²) in [4.78, 5) is 10.1. The second-order valence-electron chi connectivity index (χ2n) is 3.96. The largest absolute Gasteiger partial charge is 0.391 e. The Kier molecular flexibility index (Phi) is 3.77. The number of aliphatic hydroxyl groups excluding tert-OH is 1. The van der Waals surface area contributed by atoms with Gasteiger partial charge in [0, 0.05) is 12.6 Å². The molecule has 0 unspecified atom stereocenters. The monoisotopic (exact) mass is 252 g/mol. The molecular weight excluding hydrogens is 240 g/mol. The summed E-state index contributed by atoms with van der Waals surface area (Å²) in [6.45, 7) is 0.423. The van der Waals surface area contributed by atoms with Crippen molar-refractivity contribution in [3.8, 4) is 6.07 Å². The third-order valence-corrected chi connectivity index (χ3v) is 3.08. The highest BCUT2D eigenvalue weighted by molar-refractivity contribution is 6.30. The first-order valence-electron chi connectivity index (χ1n) is 5.51. The Morgan fingerprint density at radius 3 is 2.88 bits per heavy atom. The Morgan fingerprint density at radius 1 is 1.53 bits per heavy atom. The van der Waals surface area contributed by atoms with Crippen LogP contribution in [-0.4, -0.2) is 27.7 Å². The number of rotatable bonds is 5. The lowest BCUT2D eigenvalue weighted by molar-refractivity contribution is 0.281. The third-order valence-electron chi connectivity index (χ3n) is 2.75. The average molecular weight is 253 g/mol. The van der Waals surface area contributed by atoms with Gasteiger partial charge in [-0.15, -0.1) is 0 Å². The van der Waals surface area contributed by atoms with Gasteiger partial charge in [-0.1, -0.05) is 11.6 Å². The molecule has 1 aromatic rings. The van der Waals surface area contributed by atoms with E-state index in [0.717, 1.165) is 12.8 Å². The van der Waals surface area contributed by atoms with Gasteiger partial charge in [0.1, 0.15) is 17.3 Å². The van der Waals surface area contributed by atoms with Crippen LogP contribution in [0.5, 0.6) is 0 Å². The number of nitrogens with zero attached hydrogens (tertiary/aromatic N) is 4. The van der Waals surface area contributed by atoms with Crippen molar-refractivity contribution >= 4 is 17.4 Å². The fourth-order valence-electron chi connectivity index (χ4n) is 1.78. The van der Waals surface area contributed by atoms with Crippen molar-refractivity contribution in [2.45, 2.75) is 31.9 Å². The van der Waals surface area contributed by atoms with Gasteiger partial charge in [0.25, 0.3) is 0 Å².